The van der Waals surface area contributed by atoms with Crippen molar-refractivity contribution in [2.24, 2.45) is 0 Å². The Morgan fingerprint density at radius 3 is 2.74 bits per heavy atom. The molecule has 1 aliphatic rings. The van der Waals surface area contributed by atoms with Gasteiger partial charge < -0.3 is 9.88 Å². The maximum Gasteiger partial charge on any atom is 0.246 e. The molecular weight excluding hydrogens is 412 g/mol. The van der Waals surface area contributed by atoms with E-state index in [1.54, 1.807) is 43.3 Å². The van der Waals surface area contributed by atoms with E-state index in [4.69, 9.17) is 4.98 Å². The van der Waals surface area contributed by atoms with Crippen LogP contribution in [0.1, 0.15) is 37.1 Å². The molecule has 3 aromatic rings. The van der Waals surface area contributed by atoms with Gasteiger partial charge in [-0.1, -0.05) is 31.2 Å². The number of fused-ring (bicyclic) bond motifs is 1. The Morgan fingerprint density at radius 2 is 2.00 bits per heavy atom. The highest BCUT2D eigenvalue weighted by Crippen LogP contribution is 2.27. The number of amides is 1. The first kappa shape index (κ1) is 21.3. The summed E-state index contributed by atoms with van der Waals surface area (Å²) < 4.78 is 26.5. The molecule has 7 nitrogen and oxygen atoms in total. The topological polar surface area (TPSA) is 95.2 Å². The van der Waals surface area contributed by atoms with Crippen LogP contribution in [0.4, 0.5) is 0 Å². The molecule has 1 fully saturated rings. The highest BCUT2D eigenvalue weighted by atomic mass is 32.2. The first-order valence-electron chi connectivity index (χ1n) is 10.5. The Hall–Kier alpha value is -2.97. The van der Waals surface area contributed by atoms with Gasteiger partial charge in [-0.3, -0.25) is 4.79 Å². The van der Waals surface area contributed by atoms with Crippen molar-refractivity contribution in [3.63, 3.8) is 0 Å². The van der Waals surface area contributed by atoms with Crippen LogP contribution < -0.4 is 4.72 Å². The molecule has 2 N–H and O–H groups in total. The predicted molar refractivity (Wildman–Crippen MR) is 121 cm³/mol. The molecule has 162 valence electrons. The van der Waals surface area contributed by atoms with Crippen LogP contribution in [-0.2, 0) is 14.8 Å². The van der Waals surface area contributed by atoms with Crippen molar-refractivity contribution in [2.45, 2.75) is 30.6 Å². The Kier molecular flexibility index (Phi) is 6.20. The molecule has 31 heavy (non-hydrogen) atoms. The number of aromatic amines is 1. The summed E-state index contributed by atoms with van der Waals surface area (Å²) in [5.41, 5.74) is 2.73. The van der Waals surface area contributed by atoms with Crippen molar-refractivity contribution in [3.05, 3.63) is 66.0 Å². The molecule has 0 aliphatic carbocycles. The number of likely N-dealkylation sites (tertiary alicyclic amines) is 1. The second-order valence-electron chi connectivity index (χ2n) is 7.67. The summed E-state index contributed by atoms with van der Waals surface area (Å²) in [6, 6.07) is 14.4. The average molecular weight is 439 g/mol. The van der Waals surface area contributed by atoms with E-state index in [9.17, 15) is 13.2 Å². The molecule has 8 heteroatoms. The van der Waals surface area contributed by atoms with E-state index in [-0.39, 0.29) is 16.7 Å². The first-order valence-corrected chi connectivity index (χ1v) is 12.0. The van der Waals surface area contributed by atoms with Gasteiger partial charge in [0.2, 0.25) is 15.9 Å². The van der Waals surface area contributed by atoms with Gasteiger partial charge in [-0.2, -0.15) is 0 Å². The predicted octanol–water partition coefficient (Wildman–Crippen LogP) is 3.28. The van der Waals surface area contributed by atoms with Crippen LogP contribution >= 0.6 is 0 Å². The zero-order valence-corrected chi connectivity index (χ0v) is 18.2. The molecule has 1 unspecified atom stereocenters. The molecule has 0 bridgehead atoms. The Morgan fingerprint density at radius 1 is 1.23 bits per heavy atom. The summed E-state index contributed by atoms with van der Waals surface area (Å²) in [4.78, 5) is 22.9. The van der Waals surface area contributed by atoms with Gasteiger partial charge in [0.25, 0.3) is 0 Å². The van der Waals surface area contributed by atoms with Gasteiger partial charge in [-0.05, 0) is 48.7 Å². The molecule has 0 spiro atoms. The number of para-hydroxylation sites is 2. The van der Waals surface area contributed by atoms with Gasteiger partial charge >= 0.3 is 0 Å². The highest BCUT2D eigenvalue weighted by molar-refractivity contribution is 7.89. The molecular formula is C23H26N4O3S. The van der Waals surface area contributed by atoms with E-state index in [2.05, 4.69) is 9.71 Å². The van der Waals surface area contributed by atoms with Crippen LogP contribution in [0, 0.1) is 0 Å². The minimum absolute atomic E-state index is 0.0508. The third-order valence-corrected chi connectivity index (χ3v) is 7.03. The minimum Gasteiger partial charge on any atom is -0.342 e. The number of carbonyl (C=O) groups is 1. The number of benzene rings is 2. The van der Waals surface area contributed by atoms with Crippen molar-refractivity contribution in [1.82, 2.24) is 19.6 Å². The smallest absolute Gasteiger partial charge is 0.246 e. The van der Waals surface area contributed by atoms with E-state index < -0.39 is 10.0 Å². The summed E-state index contributed by atoms with van der Waals surface area (Å²) in [5, 5.41) is 0. The Bertz CT molecular complexity index is 1170. The van der Waals surface area contributed by atoms with Gasteiger partial charge in [-0.25, -0.2) is 18.1 Å². The van der Waals surface area contributed by atoms with Gasteiger partial charge in [-0.15, -0.1) is 0 Å². The van der Waals surface area contributed by atoms with Crippen molar-refractivity contribution >= 4 is 33.0 Å². The fourth-order valence-electron chi connectivity index (χ4n) is 3.87. The fraction of sp³-hybridized carbons (Fsp3) is 0.304. The van der Waals surface area contributed by atoms with Gasteiger partial charge in [0.15, 0.2) is 0 Å². The van der Waals surface area contributed by atoms with Crippen LogP contribution in [0.3, 0.4) is 0 Å². The number of aromatic nitrogens is 2. The maximum absolute atomic E-state index is 12.7. The number of hydrogen-bond acceptors (Lipinski definition) is 4. The molecule has 0 radical (unpaired) electrons. The second kappa shape index (κ2) is 9.03. The SMILES string of the molecule is CCNS(=O)(=O)c1ccc(/C=C/C(=O)N2CCCC(c3nc4ccccc4[nH]3)C2)cc1. The van der Waals surface area contributed by atoms with Crippen molar-refractivity contribution in [3.8, 4) is 0 Å². The van der Waals surface area contributed by atoms with Crippen LogP contribution in [0.25, 0.3) is 17.1 Å². The summed E-state index contributed by atoms with van der Waals surface area (Å²) in [5.74, 6) is 1.07. The minimum atomic E-state index is -3.48. The molecule has 2 heterocycles. The number of hydrogen-bond donors (Lipinski definition) is 2. The maximum atomic E-state index is 12.7. The number of nitrogens with one attached hydrogen (secondary N) is 2. The number of nitrogens with zero attached hydrogens (tertiary/aromatic N) is 2. The summed E-state index contributed by atoms with van der Waals surface area (Å²) in [7, 11) is -3.48. The molecule has 1 saturated heterocycles. The normalized spacial score (nSPS) is 17.5. The Balaban J connectivity index is 1.41. The number of rotatable bonds is 6. The number of imidazole rings is 1. The number of sulfonamides is 1. The molecule has 2 aromatic carbocycles. The van der Waals surface area contributed by atoms with Crippen LogP contribution in [0.5, 0.6) is 0 Å². The second-order valence-corrected chi connectivity index (χ2v) is 9.43. The zero-order chi connectivity index (χ0) is 21.8. The van der Waals surface area contributed by atoms with Crippen LogP contribution in [-0.4, -0.2) is 48.8 Å². The monoisotopic (exact) mass is 438 g/mol. The quantitative estimate of drug-likeness (QED) is 0.578. The number of carbonyl (C=O) groups excluding carboxylic acids is 1. The lowest BCUT2D eigenvalue weighted by molar-refractivity contribution is -0.127. The number of piperidine rings is 1. The summed E-state index contributed by atoms with van der Waals surface area (Å²) >= 11 is 0. The molecule has 1 amide bonds. The molecule has 1 atom stereocenters. The van der Waals surface area contributed by atoms with E-state index >= 15 is 0 Å². The van der Waals surface area contributed by atoms with E-state index in [1.807, 2.05) is 29.2 Å². The third-order valence-electron chi connectivity index (χ3n) is 5.47. The van der Waals surface area contributed by atoms with Crippen molar-refractivity contribution in [1.29, 1.82) is 0 Å². The van der Waals surface area contributed by atoms with Gasteiger partial charge in [0.1, 0.15) is 5.82 Å². The standard InChI is InChI=1S/C23H26N4O3S/c1-2-24-31(29,30)19-12-9-17(10-13-19)11-14-22(28)27-15-5-6-18(16-27)23-25-20-7-3-4-8-21(20)26-23/h3-4,7-14,18,24H,2,5-6,15-16H2,1H3,(H,25,26)/b14-11+. The zero-order valence-electron chi connectivity index (χ0n) is 17.4. The van der Waals surface area contributed by atoms with Crippen molar-refractivity contribution in [2.75, 3.05) is 19.6 Å². The van der Waals surface area contributed by atoms with Crippen molar-refractivity contribution < 1.29 is 13.2 Å². The number of H-pyrrole nitrogens is 1. The lowest BCUT2D eigenvalue weighted by Gasteiger charge is -2.31. The van der Waals surface area contributed by atoms with Gasteiger partial charge in [0.05, 0.1) is 15.9 Å². The first-order chi connectivity index (χ1) is 15.0. The highest BCUT2D eigenvalue weighted by Gasteiger charge is 2.25. The largest absolute Gasteiger partial charge is 0.342 e. The van der Waals surface area contributed by atoms with E-state index in [0.717, 1.165) is 41.8 Å². The molecule has 1 aromatic heterocycles. The summed E-state index contributed by atoms with van der Waals surface area (Å²) in [6.45, 7) is 3.42. The summed E-state index contributed by atoms with van der Waals surface area (Å²) in [6.07, 6.45) is 5.19. The Labute approximate surface area is 182 Å². The van der Waals surface area contributed by atoms with E-state index in [1.165, 1.54) is 0 Å². The lowest BCUT2D eigenvalue weighted by Crippen LogP contribution is -2.38. The lowest BCUT2D eigenvalue weighted by atomic mass is 9.97. The van der Waals surface area contributed by atoms with Crippen LogP contribution in [0.15, 0.2) is 59.5 Å². The average Bonchev–Trinajstić information content (AvgIpc) is 3.22. The molecule has 1 aliphatic heterocycles. The third kappa shape index (κ3) is 4.86. The molecule has 4 rings (SSSR count). The van der Waals surface area contributed by atoms with E-state index in [0.29, 0.717) is 13.1 Å². The molecule has 0 saturated carbocycles. The fourth-order valence-corrected chi connectivity index (χ4v) is 4.91. The van der Waals surface area contributed by atoms with Gasteiger partial charge in [0, 0.05) is 31.6 Å². The van der Waals surface area contributed by atoms with Crippen LogP contribution in [0.2, 0.25) is 0 Å².